The number of methoxy groups -OCH3 is 2. The van der Waals surface area contributed by atoms with Gasteiger partial charge in [0.05, 0.1) is 26.4 Å². The van der Waals surface area contributed by atoms with Gasteiger partial charge in [0.25, 0.3) is 0 Å². The average Bonchev–Trinajstić information content (AvgIpc) is 3.59. The van der Waals surface area contributed by atoms with E-state index in [4.69, 9.17) is 47.4 Å². The van der Waals surface area contributed by atoms with Crippen LogP contribution >= 0.6 is 0 Å². The number of amides is 1. The third-order valence-electron chi connectivity index (χ3n) is 8.63. The molecule has 2 aromatic rings. The molecule has 13 nitrogen and oxygen atoms in total. The van der Waals surface area contributed by atoms with Crippen molar-refractivity contribution in [2.75, 3.05) is 27.4 Å². The van der Waals surface area contributed by atoms with Crippen molar-refractivity contribution in [3.8, 4) is 0 Å². The molecule has 2 N–H and O–H groups in total. The highest BCUT2D eigenvalue weighted by atomic mass is 16.8. The maximum absolute atomic E-state index is 12.7. The van der Waals surface area contributed by atoms with Crippen molar-refractivity contribution in [1.82, 2.24) is 5.32 Å². The molecule has 49 heavy (non-hydrogen) atoms. The molecule has 3 fully saturated rings. The number of hydrogen-bond donors (Lipinski definition) is 2. The molecule has 2 aromatic carbocycles. The zero-order chi connectivity index (χ0) is 35.2. The average molecular weight is 690 g/mol. The Labute approximate surface area is 288 Å². The number of benzene rings is 2. The van der Waals surface area contributed by atoms with Crippen LogP contribution in [0.15, 0.2) is 60.7 Å². The van der Waals surface area contributed by atoms with E-state index in [0.717, 1.165) is 11.1 Å². The highest BCUT2D eigenvalue weighted by molar-refractivity contribution is 5.73. The van der Waals surface area contributed by atoms with Crippen LogP contribution in [0.5, 0.6) is 0 Å². The number of aliphatic hydroxyl groups is 1. The van der Waals surface area contributed by atoms with Crippen molar-refractivity contribution in [1.29, 1.82) is 0 Å². The first-order chi connectivity index (χ1) is 23.4. The Morgan fingerprint density at radius 1 is 0.898 bits per heavy atom. The number of carbonyl (C=O) groups is 1. The fraction of sp³-hybridized carbons (Fsp3) is 0.639. The van der Waals surface area contributed by atoms with E-state index in [2.05, 4.69) is 5.32 Å². The molecule has 3 heterocycles. The first-order valence-electron chi connectivity index (χ1n) is 16.7. The standard InChI is InChI=1S/C36H51NO12/c1-22(38)37-27-30(43-19-24-16-12-9-13-17-24)28(39)25(20-42-18-23-14-10-8-11-15-23)45-33(27)46-29(26-21-44-35(2,3)47-26)31-32(34(40-6)41-7)49-36(4,5)48-31/h8-17,25-34,39H,18-21H2,1-7H3,(H,37,38)/t25-,26-,27+,28-,29-,30-,31+,32-,33+/m1/s1. The van der Waals surface area contributed by atoms with Gasteiger partial charge in [-0.1, -0.05) is 60.7 Å². The van der Waals surface area contributed by atoms with Gasteiger partial charge in [0.1, 0.15) is 48.8 Å². The molecule has 0 spiro atoms. The summed E-state index contributed by atoms with van der Waals surface area (Å²) in [6.07, 6.45) is -8.10. The SMILES string of the molecule is COC(OC)[C@@H]1OC(C)(C)O[C@H]1[C@H](O[C@@H]1O[C@H](COCc2ccccc2)[C@@H](O)[C@H](OCc2ccccc2)[C@@H]1NC(C)=O)[C@H]1COC(C)(C)O1. The lowest BCUT2D eigenvalue weighted by Crippen LogP contribution is -2.67. The molecule has 0 unspecified atom stereocenters. The van der Waals surface area contributed by atoms with Gasteiger partial charge < -0.3 is 57.8 Å². The number of nitrogens with one attached hydrogen (secondary N) is 1. The summed E-state index contributed by atoms with van der Waals surface area (Å²) >= 11 is 0. The lowest BCUT2D eigenvalue weighted by atomic mass is 9.95. The quantitative estimate of drug-likeness (QED) is 0.266. The van der Waals surface area contributed by atoms with E-state index < -0.39 is 72.9 Å². The van der Waals surface area contributed by atoms with Crippen molar-refractivity contribution in [3.05, 3.63) is 71.8 Å². The number of hydrogen-bond acceptors (Lipinski definition) is 12. The summed E-state index contributed by atoms with van der Waals surface area (Å²) in [5.41, 5.74) is 1.85. The monoisotopic (exact) mass is 689 g/mol. The number of ether oxygens (including phenoxy) is 10. The molecular weight excluding hydrogens is 638 g/mol. The maximum Gasteiger partial charge on any atom is 0.217 e. The second kappa shape index (κ2) is 16.7. The highest BCUT2D eigenvalue weighted by Crippen LogP contribution is 2.39. The van der Waals surface area contributed by atoms with E-state index in [1.54, 1.807) is 13.8 Å². The fourth-order valence-electron chi connectivity index (χ4n) is 6.45. The molecule has 3 saturated heterocycles. The lowest BCUT2D eigenvalue weighted by molar-refractivity contribution is -0.311. The summed E-state index contributed by atoms with van der Waals surface area (Å²) in [7, 11) is 3.03. The Morgan fingerprint density at radius 3 is 2.08 bits per heavy atom. The van der Waals surface area contributed by atoms with Crippen molar-refractivity contribution >= 4 is 5.91 Å². The van der Waals surface area contributed by atoms with Gasteiger partial charge in [-0.3, -0.25) is 4.79 Å². The van der Waals surface area contributed by atoms with Gasteiger partial charge in [0.2, 0.25) is 5.91 Å². The Balaban J connectivity index is 1.47. The lowest BCUT2D eigenvalue weighted by Gasteiger charge is -2.46. The van der Waals surface area contributed by atoms with Crippen LogP contribution in [-0.4, -0.2) is 111 Å². The van der Waals surface area contributed by atoms with Gasteiger partial charge >= 0.3 is 0 Å². The highest BCUT2D eigenvalue weighted by Gasteiger charge is 2.56. The van der Waals surface area contributed by atoms with E-state index in [-0.39, 0.29) is 25.7 Å². The fourth-order valence-corrected chi connectivity index (χ4v) is 6.45. The van der Waals surface area contributed by atoms with Crippen LogP contribution in [0, 0.1) is 0 Å². The van der Waals surface area contributed by atoms with Crippen molar-refractivity contribution < 1.29 is 57.3 Å². The minimum Gasteiger partial charge on any atom is -0.388 e. The Hall–Kier alpha value is -2.53. The van der Waals surface area contributed by atoms with Gasteiger partial charge in [0.15, 0.2) is 24.2 Å². The molecule has 272 valence electrons. The first-order valence-corrected chi connectivity index (χ1v) is 16.7. The van der Waals surface area contributed by atoms with E-state index in [1.165, 1.54) is 21.1 Å². The van der Waals surface area contributed by atoms with Crippen LogP contribution in [0.1, 0.15) is 45.7 Å². The Bertz CT molecular complexity index is 1310. The van der Waals surface area contributed by atoms with E-state index in [9.17, 15) is 9.90 Å². The number of aliphatic hydroxyl groups excluding tert-OH is 1. The molecule has 13 heteroatoms. The summed E-state index contributed by atoms with van der Waals surface area (Å²) in [6.45, 7) is 9.24. The zero-order valence-corrected chi connectivity index (χ0v) is 29.3. The van der Waals surface area contributed by atoms with Gasteiger partial charge in [-0.05, 0) is 38.8 Å². The van der Waals surface area contributed by atoms with E-state index in [1.807, 2.05) is 74.5 Å². The molecule has 3 aliphatic rings. The Kier molecular flexibility index (Phi) is 12.8. The molecule has 9 atom stereocenters. The van der Waals surface area contributed by atoms with Gasteiger partial charge in [0, 0.05) is 21.1 Å². The van der Waals surface area contributed by atoms with E-state index >= 15 is 0 Å². The maximum atomic E-state index is 12.7. The van der Waals surface area contributed by atoms with Crippen LogP contribution in [-0.2, 0) is 65.4 Å². The summed E-state index contributed by atoms with van der Waals surface area (Å²) < 4.78 is 62.0. The largest absolute Gasteiger partial charge is 0.388 e. The molecule has 1 amide bonds. The molecule has 0 aromatic heterocycles. The third-order valence-corrected chi connectivity index (χ3v) is 8.63. The predicted molar refractivity (Wildman–Crippen MR) is 175 cm³/mol. The zero-order valence-electron chi connectivity index (χ0n) is 29.3. The third kappa shape index (κ3) is 9.83. The van der Waals surface area contributed by atoms with E-state index in [0.29, 0.717) is 6.61 Å². The summed E-state index contributed by atoms with van der Waals surface area (Å²) in [6, 6.07) is 18.3. The molecule has 0 aliphatic carbocycles. The normalized spacial score (nSPS) is 31.5. The molecule has 0 radical (unpaired) electrons. The van der Waals surface area contributed by atoms with Crippen LogP contribution in [0.4, 0.5) is 0 Å². The summed E-state index contributed by atoms with van der Waals surface area (Å²) in [4.78, 5) is 12.7. The Morgan fingerprint density at radius 2 is 1.51 bits per heavy atom. The molecule has 0 saturated carbocycles. The minimum atomic E-state index is -1.19. The van der Waals surface area contributed by atoms with Crippen LogP contribution in [0.2, 0.25) is 0 Å². The molecule has 5 rings (SSSR count). The first kappa shape index (κ1) is 37.7. The van der Waals surface area contributed by atoms with Crippen molar-refractivity contribution in [3.63, 3.8) is 0 Å². The topological polar surface area (TPSA) is 142 Å². The minimum absolute atomic E-state index is 0.0166. The second-order valence-electron chi connectivity index (χ2n) is 13.4. The molecule has 3 aliphatic heterocycles. The van der Waals surface area contributed by atoms with Crippen LogP contribution < -0.4 is 5.32 Å². The number of rotatable bonds is 15. The number of carbonyl (C=O) groups excluding carboxylic acids is 1. The van der Waals surface area contributed by atoms with Crippen molar-refractivity contribution in [2.45, 2.75) is 121 Å². The second-order valence-corrected chi connectivity index (χ2v) is 13.4. The van der Waals surface area contributed by atoms with Crippen LogP contribution in [0.3, 0.4) is 0 Å². The predicted octanol–water partition coefficient (Wildman–Crippen LogP) is 3.05. The molecular formula is C36H51NO12. The van der Waals surface area contributed by atoms with Crippen molar-refractivity contribution in [2.24, 2.45) is 0 Å². The van der Waals surface area contributed by atoms with Gasteiger partial charge in [-0.25, -0.2) is 0 Å². The van der Waals surface area contributed by atoms with Crippen LogP contribution in [0.25, 0.3) is 0 Å². The summed E-state index contributed by atoms with van der Waals surface area (Å²) in [5.74, 6) is -2.30. The van der Waals surface area contributed by atoms with Gasteiger partial charge in [-0.15, -0.1) is 0 Å². The smallest absolute Gasteiger partial charge is 0.217 e. The van der Waals surface area contributed by atoms with Gasteiger partial charge in [-0.2, -0.15) is 0 Å². The molecule has 0 bridgehead atoms. The summed E-state index contributed by atoms with van der Waals surface area (Å²) in [5, 5.41) is 14.6.